The fourth-order valence-electron chi connectivity index (χ4n) is 20.6. The lowest BCUT2D eigenvalue weighted by Gasteiger charge is -2.32. The Morgan fingerprint density at radius 2 is 0.808 bits per heavy atom. The SMILES string of the molecule is CCc1nn(Cc2cc3cccc(C)c3c(=O)n2-c2ccccc2C)c2ncnc(N)c12.Cc1cccc2cc(Cn3nc(-c4ccc5oc(N)nc5c4)c4c(N)ncnc43)n(C3CCN(C)CC3)c(=O)c12.Cc1ccccc1-n1c(Cn2nc(/C=C3/CCNC3=O)c3c(N)ncnc32)cc2cccc(C)c2c1=O.Cc1ccccc1-n1c(Cn2nc(CN3CCOCC3)c3c(N)ncnc32)cc2cccc(C)c2c1=O. The van der Waals surface area contributed by atoms with Crippen molar-refractivity contribution in [2.24, 2.45) is 0 Å². The number of aryl methyl sites for hydroxylation is 8. The number of morpholine rings is 1. The Morgan fingerprint density at radius 1 is 0.404 bits per heavy atom. The van der Waals surface area contributed by atoms with Crippen LogP contribution in [-0.4, -0.2) is 171 Å². The van der Waals surface area contributed by atoms with Crippen LogP contribution in [0.3, 0.4) is 0 Å². The smallest absolute Gasteiger partial charge is 0.292 e. The van der Waals surface area contributed by atoms with Gasteiger partial charge >= 0.3 is 0 Å². The number of hydrogen-bond acceptors (Lipinski definition) is 27. The van der Waals surface area contributed by atoms with E-state index in [0.717, 1.165) is 183 Å². The third kappa shape index (κ3) is 17.8. The first kappa shape index (κ1) is 94.6. The summed E-state index contributed by atoms with van der Waals surface area (Å²) in [6.45, 7) is 23.4. The minimum Gasteiger partial charge on any atom is -0.424 e. The van der Waals surface area contributed by atoms with Crippen LogP contribution in [0.2, 0.25) is 0 Å². The van der Waals surface area contributed by atoms with Crippen LogP contribution in [-0.2, 0) is 48.7 Å². The van der Waals surface area contributed by atoms with E-state index in [1.54, 1.807) is 19.9 Å². The van der Waals surface area contributed by atoms with Crippen molar-refractivity contribution in [1.82, 2.24) is 117 Å². The molecule has 0 saturated carbocycles. The number of ether oxygens (including phenoxy) is 1. The van der Waals surface area contributed by atoms with Crippen LogP contribution in [0.25, 0.3) is 133 Å². The van der Waals surface area contributed by atoms with Crippen molar-refractivity contribution in [2.45, 2.75) is 120 Å². The van der Waals surface area contributed by atoms with Crippen molar-refractivity contribution in [3.8, 4) is 28.3 Å². The molecule has 3 fully saturated rings. The zero-order valence-corrected chi connectivity index (χ0v) is 82.2. The van der Waals surface area contributed by atoms with Gasteiger partial charge in [-0.1, -0.05) is 134 Å². The predicted molar refractivity (Wildman–Crippen MR) is 570 cm³/mol. The molecule has 0 atom stereocenters. The molecule has 24 rings (SSSR count). The van der Waals surface area contributed by atoms with E-state index in [0.29, 0.717) is 143 Å². The second kappa shape index (κ2) is 39.3. The molecule has 3 saturated heterocycles. The lowest BCUT2D eigenvalue weighted by Crippen LogP contribution is -2.37. The Hall–Kier alpha value is -17.6. The molecule has 734 valence electrons. The summed E-state index contributed by atoms with van der Waals surface area (Å²) in [5.74, 6) is 1.32. The van der Waals surface area contributed by atoms with Gasteiger partial charge < -0.3 is 52.6 Å². The highest BCUT2D eigenvalue weighted by Crippen LogP contribution is 2.37. The van der Waals surface area contributed by atoms with Crippen LogP contribution in [0.15, 0.2) is 243 Å². The minimum atomic E-state index is -0.114. The molecule has 3 aliphatic heterocycles. The number of nitrogens with two attached hydrogens (primary N) is 5. The predicted octanol–water partition coefficient (Wildman–Crippen LogP) is 14.2. The molecule has 36 heteroatoms. The van der Waals surface area contributed by atoms with E-state index < -0.39 is 0 Å². The molecule has 21 aromatic rings. The number of rotatable bonds is 17. The first-order chi connectivity index (χ1) is 70.8. The number of anilines is 5. The molecular formula is C110H107N29O7. The Bertz CT molecular complexity index is 9100. The number of nitrogens with one attached hydrogen (secondary N) is 1. The van der Waals surface area contributed by atoms with E-state index in [-0.39, 0.29) is 52.6 Å². The zero-order valence-electron chi connectivity index (χ0n) is 82.2. The third-order valence-electron chi connectivity index (χ3n) is 27.9. The number of nitrogen functional groups attached to an aromatic ring is 5. The molecule has 0 aliphatic carbocycles. The number of nitrogens with zero attached hydrogens (tertiary/aromatic N) is 23. The van der Waals surface area contributed by atoms with Crippen molar-refractivity contribution in [1.29, 1.82) is 0 Å². The number of oxazole rings is 1. The monoisotopic (exact) mass is 1950 g/mol. The maximum atomic E-state index is 14.1. The molecular weight excluding hydrogens is 1840 g/mol. The first-order valence-electron chi connectivity index (χ1n) is 48.5. The van der Waals surface area contributed by atoms with Crippen molar-refractivity contribution in [3.63, 3.8) is 0 Å². The average molecular weight is 1950 g/mol. The fourth-order valence-corrected chi connectivity index (χ4v) is 20.6. The summed E-state index contributed by atoms with van der Waals surface area (Å²) in [6, 6.07) is 61.4. The number of aromatic nitrogens is 21. The highest BCUT2D eigenvalue weighted by Gasteiger charge is 2.31. The Kier molecular flexibility index (Phi) is 25.5. The summed E-state index contributed by atoms with van der Waals surface area (Å²) in [5.41, 5.74) is 51.2. The maximum absolute atomic E-state index is 14.1. The summed E-state index contributed by atoms with van der Waals surface area (Å²) in [4.78, 5) is 112. The van der Waals surface area contributed by atoms with Gasteiger partial charge in [-0.15, -0.1) is 0 Å². The number of carbonyl (C=O) groups excluding carboxylic acids is 1. The van der Waals surface area contributed by atoms with Crippen LogP contribution in [0.5, 0.6) is 0 Å². The molecule has 3 aliphatic rings. The molecule has 0 bridgehead atoms. The van der Waals surface area contributed by atoms with E-state index in [9.17, 15) is 24.0 Å². The van der Waals surface area contributed by atoms with Gasteiger partial charge in [0, 0.05) is 66.1 Å². The van der Waals surface area contributed by atoms with Gasteiger partial charge in [0.2, 0.25) is 5.91 Å². The Labute approximate surface area is 835 Å². The summed E-state index contributed by atoms with van der Waals surface area (Å²) in [6.07, 6.45) is 10.6. The van der Waals surface area contributed by atoms with Gasteiger partial charge in [-0.2, -0.15) is 25.4 Å². The highest BCUT2D eigenvalue weighted by atomic mass is 16.5. The molecule has 146 heavy (non-hydrogen) atoms. The molecule has 0 radical (unpaired) electrons. The topological polar surface area (TPSA) is 463 Å². The van der Waals surface area contributed by atoms with Crippen LogP contribution in [0, 0.1) is 48.5 Å². The molecule has 0 spiro atoms. The van der Waals surface area contributed by atoms with Crippen LogP contribution >= 0.6 is 0 Å². The van der Waals surface area contributed by atoms with Crippen LogP contribution in [0.4, 0.5) is 29.3 Å². The molecule has 8 aromatic carbocycles. The van der Waals surface area contributed by atoms with Crippen molar-refractivity contribution >= 4 is 140 Å². The number of benzene rings is 8. The Morgan fingerprint density at radius 3 is 1.27 bits per heavy atom. The zero-order chi connectivity index (χ0) is 101. The average Bonchev–Trinajstić information content (AvgIpc) is 1.53. The summed E-state index contributed by atoms with van der Waals surface area (Å²) in [7, 11) is 2.12. The van der Waals surface area contributed by atoms with Crippen LogP contribution in [0.1, 0.15) is 111 Å². The minimum absolute atomic E-state index is 0.0359. The number of para-hydroxylation sites is 3. The number of fused-ring (bicyclic) bond motifs is 9. The quantitative estimate of drug-likeness (QED) is 0.0461. The first-order valence-corrected chi connectivity index (χ1v) is 48.5. The lowest BCUT2D eigenvalue weighted by atomic mass is 10.0. The van der Waals surface area contributed by atoms with Gasteiger partial charge in [-0.3, -0.25) is 42.6 Å². The lowest BCUT2D eigenvalue weighted by molar-refractivity contribution is -0.116. The number of carbonyl (C=O) groups is 1. The van der Waals surface area contributed by atoms with E-state index in [1.165, 1.54) is 25.3 Å². The normalized spacial score (nSPS) is 14.0. The molecule has 13 aromatic heterocycles. The third-order valence-corrected chi connectivity index (χ3v) is 27.9. The van der Waals surface area contributed by atoms with E-state index >= 15 is 0 Å². The largest absolute Gasteiger partial charge is 0.424 e. The van der Waals surface area contributed by atoms with Crippen molar-refractivity contribution in [2.75, 3.05) is 81.7 Å². The summed E-state index contributed by atoms with van der Waals surface area (Å²) in [5, 5.41) is 31.6. The van der Waals surface area contributed by atoms with Gasteiger partial charge in [0.25, 0.3) is 28.3 Å². The molecule has 0 unspecified atom stereocenters. The van der Waals surface area contributed by atoms with Crippen molar-refractivity contribution in [3.05, 3.63) is 339 Å². The maximum Gasteiger partial charge on any atom is 0.292 e. The molecule has 36 nitrogen and oxygen atoms in total. The van der Waals surface area contributed by atoms with Crippen molar-refractivity contribution < 1.29 is 13.9 Å². The molecule has 1 amide bonds. The fraction of sp³-hybridized carbons (Fsp3) is 0.236. The number of piperidine rings is 1. The van der Waals surface area contributed by atoms with E-state index in [4.69, 9.17) is 58.2 Å². The second-order valence-electron chi connectivity index (χ2n) is 37.4. The van der Waals surface area contributed by atoms with E-state index in [2.05, 4.69) is 85.2 Å². The number of likely N-dealkylation sites (tertiary alicyclic amines) is 1. The standard InChI is InChI=1S/C29H29N9O2.C28H29N7O2.C28H25N7O2.C25H24N6O/c1-16-4-3-5-17-12-20(38(28(39)23(16)17)19-8-10-36(2)11-9-19)14-37-27-24(26(30)32-15-33-27)25(35-37)18-6-7-22-21(13-18)34-29(31)40-22;1-18-6-3-4-9-23(18)35-21(14-20-8-5-7-19(2)24(20)28(35)36)15-34-27-25(26(29)30-17-31-27)22(32-34)16-33-10-12-37-13-11-33;1-16-6-3-4-9-22(16)35-20(12-18-8-5-7-17(2)23(18)28(35)37)14-34-26-24(25(29)31-15-32-26)21(33-34)13-19-10-11-30-27(19)36;1-4-19-22-23(26)27-14-28-24(22)30(29-19)13-18-12-17-10-7-9-16(3)21(17)25(32)31(18)20-11-6-5-8-15(20)2/h3-7,12-13,15,19H,8-11,14H2,1-2H3,(H2,31,34)(H2,30,32,33);3-9,14,17H,10-13,15-16H2,1-2H3,(H2,29,30,31);3-9,12-13,15H,10-11,14H2,1-2H3,(H,30,36)(H2,29,31,32);5-12,14H,4,13H2,1-3H3,(H2,26,27,28)/b;;19-13-;. The summed E-state index contributed by atoms with van der Waals surface area (Å²) < 4.78 is 25.5. The Balaban J connectivity index is 0.000000115. The van der Waals surface area contributed by atoms with Gasteiger partial charge in [0.05, 0.1) is 117 Å². The molecule has 16 heterocycles. The van der Waals surface area contributed by atoms with E-state index in [1.807, 2.05) is 248 Å². The van der Waals surface area contributed by atoms with Crippen LogP contribution < -0.4 is 56.2 Å². The molecule has 11 N–H and O–H groups in total. The van der Waals surface area contributed by atoms with Gasteiger partial charge in [-0.05, 0) is 222 Å². The van der Waals surface area contributed by atoms with Gasteiger partial charge in [-0.25, -0.2) is 58.6 Å². The summed E-state index contributed by atoms with van der Waals surface area (Å²) >= 11 is 0. The highest BCUT2D eigenvalue weighted by molar-refractivity contribution is 6.04. The van der Waals surface area contributed by atoms with Gasteiger partial charge in [0.15, 0.2) is 28.2 Å². The second-order valence-corrected chi connectivity index (χ2v) is 37.4. The number of hydrogen-bond donors (Lipinski definition) is 6. The number of amides is 1. The number of pyridine rings is 4. The van der Waals surface area contributed by atoms with Gasteiger partial charge in [0.1, 0.15) is 59.8 Å².